The van der Waals surface area contributed by atoms with Crippen molar-refractivity contribution in [3.05, 3.63) is 29.6 Å². The molecule has 7 heteroatoms. The minimum Gasteiger partial charge on any atom is -0.479 e. The zero-order valence-electron chi connectivity index (χ0n) is 11.6. The van der Waals surface area contributed by atoms with Gasteiger partial charge in [-0.15, -0.1) is 0 Å². The summed E-state index contributed by atoms with van der Waals surface area (Å²) in [6.45, 7) is 1.94. The zero-order chi connectivity index (χ0) is 15.4. The highest BCUT2D eigenvalue weighted by molar-refractivity contribution is 5.89. The Morgan fingerprint density at radius 2 is 2.14 bits per heavy atom. The summed E-state index contributed by atoms with van der Waals surface area (Å²) in [6.07, 6.45) is -0.0975. The number of ether oxygens (including phenoxy) is 1. The lowest BCUT2D eigenvalue weighted by Crippen LogP contribution is -2.35. The fraction of sp³-hybridized carbons (Fsp3) is 0.429. The lowest BCUT2D eigenvalue weighted by Gasteiger charge is -2.13. The Kier molecular flexibility index (Phi) is 4.74. The van der Waals surface area contributed by atoms with Crippen LogP contribution >= 0.6 is 0 Å². The lowest BCUT2D eigenvalue weighted by molar-refractivity contribution is -0.149. The third kappa shape index (κ3) is 4.42. The molecule has 2 atom stereocenters. The monoisotopic (exact) mass is 296 g/mol. The van der Waals surface area contributed by atoms with E-state index in [-0.39, 0.29) is 12.6 Å². The molecular formula is C14H17FN2O4. The highest BCUT2D eigenvalue weighted by Gasteiger charge is 2.30. The van der Waals surface area contributed by atoms with Crippen LogP contribution in [0.3, 0.4) is 0 Å². The van der Waals surface area contributed by atoms with Gasteiger partial charge in [-0.3, -0.25) is 0 Å². The van der Waals surface area contributed by atoms with E-state index in [1.165, 1.54) is 12.1 Å². The van der Waals surface area contributed by atoms with Gasteiger partial charge in [0.1, 0.15) is 5.82 Å². The third-order valence-corrected chi connectivity index (χ3v) is 3.17. The molecule has 0 saturated carbocycles. The van der Waals surface area contributed by atoms with E-state index in [0.29, 0.717) is 24.1 Å². The Morgan fingerprint density at radius 1 is 1.38 bits per heavy atom. The van der Waals surface area contributed by atoms with Gasteiger partial charge < -0.3 is 20.5 Å². The highest BCUT2D eigenvalue weighted by Crippen LogP contribution is 2.19. The van der Waals surface area contributed by atoms with E-state index in [0.717, 1.165) is 0 Å². The number of hydrogen-bond donors (Lipinski definition) is 3. The second kappa shape index (κ2) is 6.53. The van der Waals surface area contributed by atoms with E-state index in [1.54, 1.807) is 13.0 Å². The maximum absolute atomic E-state index is 13.2. The van der Waals surface area contributed by atoms with Crippen LogP contribution in [-0.2, 0) is 9.53 Å². The largest absolute Gasteiger partial charge is 0.479 e. The van der Waals surface area contributed by atoms with E-state index in [9.17, 15) is 14.0 Å². The number of carbonyl (C=O) groups excluding carboxylic acids is 1. The molecule has 1 aromatic carbocycles. The summed E-state index contributed by atoms with van der Waals surface area (Å²) in [6, 6.07) is 3.75. The van der Waals surface area contributed by atoms with Crippen LogP contribution in [-0.4, -0.2) is 35.9 Å². The van der Waals surface area contributed by atoms with E-state index in [4.69, 9.17) is 9.84 Å². The fourth-order valence-electron chi connectivity index (χ4n) is 2.23. The molecule has 2 amide bonds. The van der Waals surface area contributed by atoms with Gasteiger partial charge in [0.25, 0.3) is 0 Å². The summed E-state index contributed by atoms with van der Waals surface area (Å²) in [5.41, 5.74) is 1.06. The van der Waals surface area contributed by atoms with Gasteiger partial charge in [0, 0.05) is 12.2 Å². The van der Waals surface area contributed by atoms with Crippen LogP contribution in [0.25, 0.3) is 0 Å². The van der Waals surface area contributed by atoms with E-state index < -0.39 is 23.9 Å². The van der Waals surface area contributed by atoms with Crippen molar-refractivity contribution in [1.29, 1.82) is 0 Å². The molecule has 1 heterocycles. The average Bonchev–Trinajstić information content (AvgIpc) is 2.84. The smallest absolute Gasteiger partial charge is 0.332 e. The van der Waals surface area contributed by atoms with Gasteiger partial charge >= 0.3 is 12.0 Å². The molecule has 0 spiro atoms. The second-order valence-corrected chi connectivity index (χ2v) is 5.01. The van der Waals surface area contributed by atoms with Crippen LogP contribution in [0, 0.1) is 12.7 Å². The number of anilines is 1. The SMILES string of the molecule is Cc1cc(F)cc(NC(=O)NCC2CCC(C(=O)O)O2)c1. The van der Waals surface area contributed by atoms with E-state index >= 15 is 0 Å². The number of aryl methyl sites for hydroxylation is 1. The predicted molar refractivity (Wildman–Crippen MR) is 73.7 cm³/mol. The molecule has 2 rings (SSSR count). The second-order valence-electron chi connectivity index (χ2n) is 5.01. The third-order valence-electron chi connectivity index (χ3n) is 3.17. The Balaban J connectivity index is 1.79. The predicted octanol–water partition coefficient (Wildman–Crippen LogP) is 1.89. The van der Waals surface area contributed by atoms with Gasteiger partial charge in [0.15, 0.2) is 6.10 Å². The van der Waals surface area contributed by atoms with Crippen molar-refractivity contribution in [3.8, 4) is 0 Å². The Morgan fingerprint density at radius 3 is 2.76 bits per heavy atom. The number of aliphatic carboxylic acids is 1. The molecule has 0 bridgehead atoms. The summed E-state index contributed by atoms with van der Waals surface area (Å²) in [5, 5.41) is 13.9. The summed E-state index contributed by atoms with van der Waals surface area (Å²) in [7, 11) is 0. The van der Waals surface area contributed by atoms with Gasteiger partial charge in [-0.05, 0) is 43.5 Å². The molecular weight excluding hydrogens is 279 g/mol. The maximum atomic E-state index is 13.2. The molecule has 114 valence electrons. The maximum Gasteiger partial charge on any atom is 0.332 e. The highest BCUT2D eigenvalue weighted by atomic mass is 19.1. The van der Waals surface area contributed by atoms with Crippen molar-refractivity contribution in [3.63, 3.8) is 0 Å². The van der Waals surface area contributed by atoms with Gasteiger partial charge in [-0.2, -0.15) is 0 Å². The van der Waals surface area contributed by atoms with Crippen LogP contribution < -0.4 is 10.6 Å². The van der Waals surface area contributed by atoms with Crippen molar-refractivity contribution in [1.82, 2.24) is 5.32 Å². The lowest BCUT2D eigenvalue weighted by atomic mass is 10.2. The number of amides is 2. The van der Waals surface area contributed by atoms with E-state index in [2.05, 4.69) is 10.6 Å². The summed E-state index contributed by atoms with van der Waals surface area (Å²) in [5.74, 6) is -1.41. The summed E-state index contributed by atoms with van der Waals surface area (Å²) in [4.78, 5) is 22.4. The topological polar surface area (TPSA) is 87.7 Å². The number of carbonyl (C=O) groups is 2. The fourth-order valence-corrected chi connectivity index (χ4v) is 2.23. The van der Waals surface area contributed by atoms with Crippen LogP contribution in [0.5, 0.6) is 0 Å². The number of benzene rings is 1. The van der Waals surface area contributed by atoms with Gasteiger partial charge in [-0.1, -0.05) is 0 Å². The molecule has 3 N–H and O–H groups in total. The number of hydrogen-bond acceptors (Lipinski definition) is 3. The van der Waals surface area contributed by atoms with Crippen molar-refractivity contribution >= 4 is 17.7 Å². The quantitative estimate of drug-likeness (QED) is 0.791. The number of carboxylic acids is 1. The number of nitrogens with one attached hydrogen (secondary N) is 2. The molecule has 2 unspecified atom stereocenters. The Bertz CT molecular complexity index is 530. The molecule has 1 saturated heterocycles. The van der Waals surface area contributed by atoms with Crippen molar-refractivity contribution < 1.29 is 23.8 Å². The number of urea groups is 1. The number of carboxylic acid groups (broad SMARTS) is 1. The van der Waals surface area contributed by atoms with Crippen molar-refractivity contribution in [2.24, 2.45) is 0 Å². The van der Waals surface area contributed by atoms with Crippen LogP contribution in [0.15, 0.2) is 18.2 Å². The first-order chi connectivity index (χ1) is 9.94. The van der Waals surface area contributed by atoms with Gasteiger partial charge in [0.2, 0.25) is 0 Å². The Hall–Kier alpha value is -2.15. The zero-order valence-corrected chi connectivity index (χ0v) is 11.6. The average molecular weight is 296 g/mol. The molecule has 1 aromatic rings. The van der Waals surface area contributed by atoms with Crippen LogP contribution in [0.1, 0.15) is 18.4 Å². The van der Waals surface area contributed by atoms with Crippen LogP contribution in [0.2, 0.25) is 0 Å². The normalized spacial score (nSPS) is 21.0. The van der Waals surface area contributed by atoms with Crippen LogP contribution in [0.4, 0.5) is 14.9 Å². The minimum atomic E-state index is -0.989. The molecule has 21 heavy (non-hydrogen) atoms. The molecule has 1 fully saturated rings. The van der Waals surface area contributed by atoms with E-state index in [1.807, 2.05) is 0 Å². The number of rotatable bonds is 4. The molecule has 6 nitrogen and oxygen atoms in total. The first kappa shape index (κ1) is 15.2. The Labute approximate surface area is 121 Å². The minimum absolute atomic E-state index is 0.212. The molecule has 0 aliphatic carbocycles. The first-order valence-electron chi connectivity index (χ1n) is 6.64. The molecule has 1 aliphatic rings. The molecule has 1 aliphatic heterocycles. The van der Waals surface area contributed by atoms with Crippen molar-refractivity contribution in [2.75, 3.05) is 11.9 Å². The molecule has 0 aromatic heterocycles. The van der Waals surface area contributed by atoms with Gasteiger partial charge in [0.05, 0.1) is 6.10 Å². The van der Waals surface area contributed by atoms with Gasteiger partial charge in [-0.25, -0.2) is 14.0 Å². The first-order valence-corrected chi connectivity index (χ1v) is 6.64. The summed E-state index contributed by atoms with van der Waals surface area (Å²) >= 11 is 0. The number of halogens is 1. The van der Waals surface area contributed by atoms with Crippen molar-refractivity contribution in [2.45, 2.75) is 32.0 Å². The standard InChI is InChI=1S/C14H17FN2O4/c1-8-4-9(15)6-10(5-8)17-14(20)16-7-11-2-3-12(21-11)13(18)19/h4-6,11-12H,2-3,7H2,1H3,(H,18,19)(H2,16,17,20). The molecule has 0 radical (unpaired) electrons. The summed E-state index contributed by atoms with van der Waals surface area (Å²) < 4.78 is 18.4.